The number of aliphatic carboxylic acids is 1. The highest BCUT2D eigenvalue weighted by Crippen LogP contribution is 2.37. The molecule has 0 unspecified atom stereocenters. The lowest BCUT2D eigenvalue weighted by Crippen LogP contribution is -1.98. The Bertz CT molecular complexity index is 686. The first kappa shape index (κ1) is 11.2. The van der Waals surface area contributed by atoms with Gasteiger partial charge in [0.25, 0.3) is 0 Å². The van der Waals surface area contributed by atoms with Gasteiger partial charge in [-0.05, 0) is 18.6 Å². The first-order valence-corrected chi connectivity index (χ1v) is 5.83. The van der Waals surface area contributed by atoms with Gasteiger partial charge in [0.15, 0.2) is 5.58 Å². The zero-order valence-corrected chi connectivity index (χ0v) is 10.0. The molecular formula is C13H9ClO4. The SMILES string of the molecule is O=C(O)CCc1c2ccoc2c(Cl)c2ccoc12. The van der Waals surface area contributed by atoms with Crippen LogP contribution in [0.5, 0.6) is 0 Å². The van der Waals surface area contributed by atoms with E-state index < -0.39 is 5.97 Å². The number of hydrogen-bond acceptors (Lipinski definition) is 3. The van der Waals surface area contributed by atoms with Crippen LogP contribution in [0, 0.1) is 0 Å². The largest absolute Gasteiger partial charge is 0.481 e. The summed E-state index contributed by atoms with van der Waals surface area (Å²) >= 11 is 6.22. The van der Waals surface area contributed by atoms with Gasteiger partial charge in [-0.1, -0.05) is 11.6 Å². The van der Waals surface area contributed by atoms with E-state index in [9.17, 15) is 4.79 Å². The molecule has 0 aliphatic rings. The number of carboxylic acids is 1. The molecule has 0 bridgehead atoms. The zero-order chi connectivity index (χ0) is 12.7. The van der Waals surface area contributed by atoms with E-state index in [-0.39, 0.29) is 6.42 Å². The minimum Gasteiger partial charge on any atom is -0.481 e. The average molecular weight is 265 g/mol. The summed E-state index contributed by atoms with van der Waals surface area (Å²) in [6, 6.07) is 3.53. The van der Waals surface area contributed by atoms with Gasteiger partial charge in [0.05, 0.1) is 17.5 Å². The summed E-state index contributed by atoms with van der Waals surface area (Å²) < 4.78 is 10.8. The molecule has 0 fully saturated rings. The molecule has 2 aromatic heterocycles. The molecule has 92 valence electrons. The van der Waals surface area contributed by atoms with Crippen molar-refractivity contribution >= 4 is 39.5 Å². The lowest BCUT2D eigenvalue weighted by atomic mass is 10.0. The van der Waals surface area contributed by atoms with Crippen molar-refractivity contribution in [2.45, 2.75) is 12.8 Å². The molecule has 0 radical (unpaired) electrons. The number of furan rings is 2. The molecule has 0 atom stereocenters. The number of rotatable bonds is 3. The second-order valence-electron chi connectivity index (χ2n) is 4.01. The van der Waals surface area contributed by atoms with Crippen LogP contribution in [0.2, 0.25) is 5.02 Å². The van der Waals surface area contributed by atoms with E-state index in [1.54, 1.807) is 24.7 Å². The van der Waals surface area contributed by atoms with Crippen molar-refractivity contribution in [3.63, 3.8) is 0 Å². The number of aryl methyl sites for hydroxylation is 1. The van der Waals surface area contributed by atoms with Crippen LogP contribution in [-0.2, 0) is 11.2 Å². The minimum absolute atomic E-state index is 0.0394. The van der Waals surface area contributed by atoms with Crippen molar-refractivity contribution in [3.05, 3.63) is 35.2 Å². The molecule has 0 saturated carbocycles. The van der Waals surface area contributed by atoms with Crippen molar-refractivity contribution in [2.75, 3.05) is 0 Å². The van der Waals surface area contributed by atoms with Gasteiger partial charge in [-0.15, -0.1) is 0 Å². The summed E-state index contributed by atoms with van der Waals surface area (Å²) in [5.74, 6) is -0.846. The van der Waals surface area contributed by atoms with Gasteiger partial charge < -0.3 is 13.9 Å². The van der Waals surface area contributed by atoms with Gasteiger partial charge >= 0.3 is 5.97 Å². The van der Waals surface area contributed by atoms with Gasteiger partial charge in [0.1, 0.15) is 5.58 Å². The fraction of sp³-hybridized carbons (Fsp3) is 0.154. The van der Waals surface area contributed by atoms with Crippen LogP contribution in [0.15, 0.2) is 33.5 Å². The van der Waals surface area contributed by atoms with Crippen LogP contribution in [0.1, 0.15) is 12.0 Å². The first-order chi connectivity index (χ1) is 8.68. The highest BCUT2D eigenvalue weighted by atomic mass is 35.5. The molecule has 5 heteroatoms. The maximum Gasteiger partial charge on any atom is 0.303 e. The van der Waals surface area contributed by atoms with E-state index in [0.717, 1.165) is 16.3 Å². The van der Waals surface area contributed by atoms with Crippen molar-refractivity contribution in [3.8, 4) is 0 Å². The monoisotopic (exact) mass is 264 g/mol. The quantitative estimate of drug-likeness (QED) is 0.780. The molecule has 0 spiro atoms. The third kappa shape index (κ3) is 1.57. The van der Waals surface area contributed by atoms with Gasteiger partial charge in [0, 0.05) is 22.8 Å². The molecule has 2 heterocycles. The van der Waals surface area contributed by atoms with E-state index in [1.807, 2.05) is 0 Å². The normalized spacial score (nSPS) is 11.4. The standard InChI is InChI=1S/C13H9ClO4/c14-11-9-4-6-17-12(9)7(1-2-10(15)16)8-3-5-18-13(8)11/h3-6H,1-2H2,(H,15,16). The van der Waals surface area contributed by atoms with Crippen LogP contribution in [0.25, 0.3) is 21.9 Å². The lowest BCUT2D eigenvalue weighted by Gasteiger charge is -2.04. The highest BCUT2D eigenvalue weighted by molar-refractivity contribution is 6.40. The Balaban J connectivity index is 2.29. The third-order valence-electron chi connectivity index (χ3n) is 2.95. The van der Waals surface area contributed by atoms with Gasteiger partial charge in [-0.2, -0.15) is 0 Å². The fourth-order valence-electron chi connectivity index (χ4n) is 2.16. The molecule has 0 aliphatic carbocycles. The van der Waals surface area contributed by atoms with Crippen LogP contribution < -0.4 is 0 Å². The van der Waals surface area contributed by atoms with Crippen LogP contribution >= 0.6 is 11.6 Å². The molecular weight excluding hydrogens is 256 g/mol. The van der Waals surface area contributed by atoms with E-state index in [0.29, 0.717) is 22.6 Å². The number of hydrogen-bond donors (Lipinski definition) is 1. The minimum atomic E-state index is -0.846. The molecule has 0 saturated heterocycles. The van der Waals surface area contributed by atoms with E-state index in [4.69, 9.17) is 25.5 Å². The second kappa shape index (κ2) is 4.07. The number of carboxylic acid groups (broad SMARTS) is 1. The maximum atomic E-state index is 10.7. The summed E-state index contributed by atoms with van der Waals surface area (Å²) in [5, 5.41) is 10.9. The summed E-state index contributed by atoms with van der Waals surface area (Å²) in [5.41, 5.74) is 2.03. The predicted molar refractivity (Wildman–Crippen MR) is 67.0 cm³/mol. The smallest absolute Gasteiger partial charge is 0.303 e. The van der Waals surface area contributed by atoms with E-state index in [2.05, 4.69) is 0 Å². The summed E-state index contributed by atoms with van der Waals surface area (Å²) in [6.07, 6.45) is 3.50. The van der Waals surface area contributed by atoms with Gasteiger partial charge in [0.2, 0.25) is 0 Å². The second-order valence-corrected chi connectivity index (χ2v) is 4.39. The zero-order valence-electron chi connectivity index (χ0n) is 9.27. The number of carbonyl (C=O) groups is 1. The van der Waals surface area contributed by atoms with Gasteiger partial charge in [-0.3, -0.25) is 4.79 Å². The molecule has 1 N–H and O–H groups in total. The van der Waals surface area contributed by atoms with Gasteiger partial charge in [-0.25, -0.2) is 0 Å². The van der Waals surface area contributed by atoms with E-state index in [1.165, 1.54) is 0 Å². The van der Waals surface area contributed by atoms with Crippen molar-refractivity contribution in [1.82, 2.24) is 0 Å². The van der Waals surface area contributed by atoms with Crippen molar-refractivity contribution in [1.29, 1.82) is 0 Å². The summed E-state index contributed by atoms with van der Waals surface area (Å²) in [6.45, 7) is 0. The molecule has 3 rings (SSSR count). The third-order valence-corrected chi connectivity index (χ3v) is 3.33. The fourth-order valence-corrected chi connectivity index (χ4v) is 2.45. The van der Waals surface area contributed by atoms with Crippen LogP contribution in [-0.4, -0.2) is 11.1 Å². The van der Waals surface area contributed by atoms with Crippen LogP contribution in [0.3, 0.4) is 0 Å². The topological polar surface area (TPSA) is 63.6 Å². The number of halogens is 1. The maximum absolute atomic E-state index is 10.7. The number of benzene rings is 1. The molecule has 4 nitrogen and oxygen atoms in total. The Hall–Kier alpha value is -1.94. The Labute approximate surface area is 107 Å². The Morgan fingerprint density at radius 3 is 2.56 bits per heavy atom. The predicted octanol–water partition coefficient (Wildman–Crippen LogP) is 3.85. The van der Waals surface area contributed by atoms with Crippen LogP contribution in [0.4, 0.5) is 0 Å². The molecule has 3 aromatic rings. The lowest BCUT2D eigenvalue weighted by molar-refractivity contribution is -0.136. The summed E-state index contributed by atoms with van der Waals surface area (Å²) in [7, 11) is 0. The van der Waals surface area contributed by atoms with Crippen molar-refractivity contribution in [2.24, 2.45) is 0 Å². The molecule has 0 amide bonds. The Kier molecular flexibility index (Phi) is 2.52. The summed E-state index contributed by atoms with van der Waals surface area (Å²) in [4.78, 5) is 10.7. The van der Waals surface area contributed by atoms with Crippen molar-refractivity contribution < 1.29 is 18.7 Å². The highest BCUT2D eigenvalue weighted by Gasteiger charge is 2.17. The van der Waals surface area contributed by atoms with E-state index >= 15 is 0 Å². The number of fused-ring (bicyclic) bond motifs is 2. The Morgan fingerprint density at radius 1 is 1.17 bits per heavy atom. The molecule has 18 heavy (non-hydrogen) atoms. The Morgan fingerprint density at radius 2 is 1.83 bits per heavy atom. The first-order valence-electron chi connectivity index (χ1n) is 5.45. The average Bonchev–Trinajstić information content (AvgIpc) is 2.95. The molecule has 0 aliphatic heterocycles. The molecule has 1 aromatic carbocycles.